The van der Waals surface area contributed by atoms with E-state index in [4.69, 9.17) is 4.74 Å². The topological polar surface area (TPSA) is 102 Å². The van der Waals surface area contributed by atoms with Crippen LogP contribution in [0.15, 0.2) is 60.8 Å². The summed E-state index contributed by atoms with van der Waals surface area (Å²) in [6.07, 6.45) is 1.65. The normalized spacial score (nSPS) is 14.8. The van der Waals surface area contributed by atoms with Gasteiger partial charge in [0.2, 0.25) is 5.95 Å². The molecule has 0 aliphatic carbocycles. The molecule has 43 heavy (non-hydrogen) atoms. The van der Waals surface area contributed by atoms with Gasteiger partial charge in [0.25, 0.3) is 5.69 Å². The predicted molar refractivity (Wildman–Crippen MR) is 167 cm³/mol. The van der Waals surface area contributed by atoms with E-state index < -0.39 is 35.9 Å². The SMILES string of the molecule is CN1CCN(c2ccc(Nc3nc(C(F)(F)c4cccc([N+](=O)[O-])c4)c4ccn(COCC[Si](C)(C)C)c4n3)cc2)CC1. The molecule has 2 aromatic carbocycles. The summed E-state index contributed by atoms with van der Waals surface area (Å²) in [5.74, 6) is -3.65. The number of anilines is 3. The van der Waals surface area contributed by atoms with Gasteiger partial charge >= 0.3 is 5.92 Å². The maximum Gasteiger partial charge on any atom is 0.316 e. The molecule has 13 heteroatoms. The number of nitro benzene ring substituents is 1. The Morgan fingerprint density at radius 1 is 1.05 bits per heavy atom. The van der Waals surface area contributed by atoms with Crippen LogP contribution in [0.25, 0.3) is 11.0 Å². The van der Waals surface area contributed by atoms with Gasteiger partial charge in [0.15, 0.2) is 0 Å². The van der Waals surface area contributed by atoms with Crippen molar-refractivity contribution in [1.82, 2.24) is 19.4 Å². The number of nitro groups is 1. The second-order valence-corrected chi connectivity index (χ2v) is 17.7. The van der Waals surface area contributed by atoms with E-state index in [0.717, 1.165) is 44.0 Å². The molecule has 0 atom stereocenters. The molecule has 1 aliphatic rings. The summed E-state index contributed by atoms with van der Waals surface area (Å²) in [5, 5.41) is 14.6. The van der Waals surface area contributed by atoms with Crippen molar-refractivity contribution in [2.24, 2.45) is 0 Å². The molecule has 2 aromatic heterocycles. The maximum atomic E-state index is 16.1. The molecule has 0 amide bonds. The van der Waals surface area contributed by atoms with Crippen LogP contribution in [0.4, 0.5) is 31.8 Å². The third-order valence-corrected chi connectivity index (χ3v) is 9.26. The molecule has 1 N–H and O–H groups in total. The van der Waals surface area contributed by atoms with Crippen molar-refractivity contribution in [2.45, 2.75) is 38.3 Å². The van der Waals surface area contributed by atoms with Crippen molar-refractivity contribution in [3.63, 3.8) is 0 Å². The zero-order valence-electron chi connectivity index (χ0n) is 24.9. The van der Waals surface area contributed by atoms with Crippen LogP contribution >= 0.6 is 0 Å². The van der Waals surface area contributed by atoms with Crippen molar-refractivity contribution in [2.75, 3.05) is 50.1 Å². The highest BCUT2D eigenvalue weighted by molar-refractivity contribution is 6.76. The van der Waals surface area contributed by atoms with Crippen LogP contribution in [0.1, 0.15) is 11.3 Å². The predicted octanol–water partition coefficient (Wildman–Crippen LogP) is 6.29. The molecule has 4 aromatic rings. The fourth-order valence-corrected chi connectivity index (χ4v) is 5.66. The van der Waals surface area contributed by atoms with E-state index in [1.807, 2.05) is 24.3 Å². The number of piperazine rings is 1. The molecule has 0 radical (unpaired) electrons. The van der Waals surface area contributed by atoms with E-state index in [1.54, 1.807) is 10.8 Å². The Hall–Kier alpha value is -3.94. The number of aromatic nitrogens is 3. The van der Waals surface area contributed by atoms with Crippen LogP contribution in [0.5, 0.6) is 0 Å². The second-order valence-electron chi connectivity index (χ2n) is 12.1. The largest absolute Gasteiger partial charge is 0.369 e. The summed E-state index contributed by atoms with van der Waals surface area (Å²) >= 11 is 0. The van der Waals surface area contributed by atoms with E-state index in [1.165, 1.54) is 24.3 Å². The number of non-ortho nitro benzene ring substituents is 1. The van der Waals surface area contributed by atoms with E-state index in [2.05, 4.69) is 51.8 Å². The van der Waals surface area contributed by atoms with Gasteiger partial charge in [-0.15, -0.1) is 0 Å². The lowest BCUT2D eigenvalue weighted by atomic mass is 10.0. The Morgan fingerprint density at radius 2 is 1.77 bits per heavy atom. The molecule has 1 saturated heterocycles. The third kappa shape index (κ3) is 7.17. The second kappa shape index (κ2) is 12.3. The van der Waals surface area contributed by atoms with Crippen molar-refractivity contribution in [3.8, 4) is 0 Å². The van der Waals surface area contributed by atoms with Crippen LogP contribution in [0.3, 0.4) is 0 Å². The first-order valence-electron chi connectivity index (χ1n) is 14.3. The zero-order chi connectivity index (χ0) is 30.8. The first-order chi connectivity index (χ1) is 20.4. The van der Waals surface area contributed by atoms with Crippen LogP contribution < -0.4 is 10.2 Å². The summed E-state index contributed by atoms with van der Waals surface area (Å²) in [4.78, 5) is 24.1. The lowest BCUT2D eigenvalue weighted by Gasteiger charge is -2.34. The van der Waals surface area contributed by atoms with Gasteiger partial charge in [0.1, 0.15) is 18.1 Å². The highest BCUT2D eigenvalue weighted by Crippen LogP contribution is 2.40. The minimum atomic E-state index is -3.64. The van der Waals surface area contributed by atoms with Crippen LogP contribution in [-0.2, 0) is 17.4 Å². The molecular weight excluding hydrogens is 572 g/mol. The lowest BCUT2D eigenvalue weighted by Crippen LogP contribution is -2.44. The van der Waals surface area contributed by atoms with E-state index in [0.29, 0.717) is 12.3 Å². The summed E-state index contributed by atoms with van der Waals surface area (Å²) in [7, 11) is 0.795. The maximum absolute atomic E-state index is 16.1. The smallest absolute Gasteiger partial charge is 0.316 e. The number of rotatable bonds is 11. The van der Waals surface area contributed by atoms with Gasteiger partial charge in [-0.2, -0.15) is 13.8 Å². The van der Waals surface area contributed by atoms with Gasteiger partial charge < -0.3 is 24.4 Å². The van der Waals surface area contributed by atoms with Crippen LogP contribution in [-0.4, -0.2) is 72.3 Å². The number of hydrogen-bond acceptors (Lipinski definition) is 8. The summed E-state index contributed by atoms with van der Waals surface area (Å²) < 4.78 is 39.8. The first-order valence-corrected chi connectivity index (χ1v) is 18.0. The molecule has 1 fully saturated rings. The number of hydrogen-bond donors (Lipinski definition) is 1. The van der Waals surface area contributed by atoms with E-state index in [9.17, 15) is 10.1 Å². The highest BCUT2D eigenvalue weighted by Gasteiger charge is 2.39. The average Bonchev–Trinajstić information content (AvgIpc) is 3.38. The Kier molecular flexibility index (Phi) is 8.76. The fourth-order valence-electron chi connectivity index (χ4n) is 4.91. The lowest BCUT2D eigenvalue weighted by molar-refractivity contribution is -0.385. The number of alkyl halides is 2. The van der Waals surface area contributed by atoms with Gasteiger partial charge in [-0.1, -0.05) is 31.8 Å². The van der Waals surface area contributed by atoms with Crippen LogP contribution in [0.2, 0.25) is 25.7 Å². The molecule has 0 saturated carbocycles. The Bertz CT molecular complexity index is 1580. The van der Waals surface area contributed by atoms with Crippen molar-refractivity contribution in [3.05, 3.63) is 82.2 Å². The molecule has 10 nitrogen and oxygen atoms in total. The molecule has 1 aliphatic heterocycles. The average molecular weight is 610 g/mol. The molecule has 0 bridgehead atoms. The molecule has 5 rings (SSSR count). The van der Waals surface area contributed by atoms with Crippen molar-refractivity contribution >= 4 is 42.1 Å². The van der Waals surface area contributed by atoms with E-state index in [-0.39, 0.29) is 23.7 Å². The van der Waals surface area contributed by atoms with Gasteiger partial charge in [-0.25, -0.2) is 4.98 Å². The molecule has 0 spiro atoms. The zero-order valence-corrected chi connectivity index (χ0v) is 25.9. The van der Waals surface area contributed by atoms with Gasteiger partial charge in [0.05, 0.1) is 4.92 Å². The van der Waals surface area contributed by atoms with Gasteiger partial charge in [-0.05, 0) is 43.4 Å². The highest BCUT2D eigenvalue weighted by atomic mass is 28.3. The fraction of sp³-hybridized carbons (Fsp3) is 0.400. The third-order valence-electron chi connectivity index (χ3n) is 7.55. The van der Waals surface area contributed by atoms with Crippen molar-refractivity contribution in [1.29, 1.82) is 0 Å². The molecule has 0 unspecified atom stereocenters. The number of nitrogens with zero attached hydrogens (tertiary/aromatic N) is 6. The Morgan fingerprint density at radius 3 is 2.44 bits per heavy atom. The summed E-state index contributed by atoms with van der Waals surface area (Å²) in [6, 6.07) is 14.7. The van der Waals surface area contributed by atoms with E-state index >= 15 is 8.78 Å². The number of fused-ring (bicyclic) bond motifs is 1. The first kappa shape index (κ1) is 30.5. The number of halogens is 2. The Balaban J connectivity index is 1.48. The minimum absolute atomic E-state index is 0.0120. The van der Waals surface area contributed by atoms with Crippen LogP contribution in [0, 0.1) is 10.1 Å². The number of nitrogens with one attached hydrogen (secondary N) is 1. The number of likely N-dealkylation sites (N-methyl/N-ethyl adjacent to an activating group) is 1. The number of benzene rings is 2. The van der Waals surface area contributed by atoms with Gasteiger partial charge in [0, 0.05) is 81.5 Å². The number of ether oxygens (including phenoxy) is 1. The quantitative estimate of drug-likeness (QED) is 0.0917. The minimum Gasteiger partial charge on any atom is -0.369 e. The summed E-state index contributed by atoms with van der Waals surface area (Å²) in [5.41, 5.74) is 0.511. The molecule has 3 heterocycles. The summed E-state index contributed by atoms with van der Waals surface area (Å²) in [6.45, 7) is 11.3. The standard InChI is InChI=1S/C30H37F2N7O3Si/c1-36-14-16-37(17-15-36)24-10-8-23(9-11-24)33-29-34-27(30(31,32)22-6-5-7-25(20-22)39(40)41)26-12-13-38(28(26)35-29)21-42-18-19-43(2,3)4/h5-13,20H,14-19,21H2,1-4H3,(H,33,34,35). The monoisotopic (exact) mass is 609 g/mol. The molecular formula is C30H37F2N7O3Si. The van der Waals surface area contributed by atoms with Crippen molar-refractivity contribution < 1.29 is 18.4 Å². The molecule has 228 valence electrons. The Labute approximate surface area is 250 Å². The van der Waals surface area contributed by atoms with Gasteiger partial charge in [-0.3, -0.25) is 10.1 Å².